The van der Waals surface area contributed by atoms with Gasteiger partial charge in [0.05, 0.1) is 24.1 Å². The fourth-order valence-electron chi connectivity index (χ4n) is 2.56. The quantitative estimate of drug-likeness (QED) is 0.939. The number of nitrogens with zero attached hydrogens (tertiary/aromatic N) is 4. The maximum absolute atomic E-state index is 12.5. The van der Waals surface area contributed by atoms with E-state index in [9.17, 15) is 4.79 Å². The summed E-state index contributed by atoms with van der Waals surface area (Å²) in [6.07, 6.45) is 6.32. The second kappa shape index (κ2) is 7.50. The number of thioether (sulfide) groups is 1. The van der Waals surface area contributed by atoms with Crippen LogP contribution in [0.2, 0.25) is 0 Å². The number of amides is 2. The number of anilines is 1. The Kier molecular flexibility index (Phi) is 5.17. The molecule has 1 aliphatic rings. The van der Waals surface area contributed by atoms with Crippen molar-refractivity contribution in [3.05, 3.63) is 42.5 Å². The van der Waals surface area contributed by atoms with Crippen molar-refractivity contribution in [2.24, 2.45) is 0 Å². The Bertz CT molecular complexity index is 645. The summed E-state index contributed by atoms with van der Waals surface area (Å²) in [5.41, 5.74) is 1.65. The molecule has 0 spiro atoms. The maximum Gasteiger partial charge on any atom is 0.322 e. The second-order valence-electron chi connectivity index (χ2n) is 5.62. The van der Waals surface area contributed by atoms with Crippen molar-refractivity contribution in [3.8, 4) is 0 Å². The zero-order valence-electron chi connectivity index (χ0n) is 13.2. The predicted molar refractivity (Wildman–Crippen MR) is 92.7 cm³/mol. The lowest BCUT2D eigenvalue weighted by Gasteiger charge is -2.26. The monoisotopic (exact) mass is 331 g/mol. The van der Waals surface area contributed by atoms with Crippen molar-refractivity contribution in [1.29, 1.82) is 0 Å². The molecule has 3 rings (SSSR count). The van der Waals surface area contributed by atoms with Crippen LogP contribution in [0.1, 0.15) is 19.0 Å². The highest BCUT2D eigenvalue weighted by molar-refractivity contribution is 7.99. The lowest BCUT2D eigenvalue weighted by atomic mass is 10.2. The topological polar surface area (TPSA) is 63.1 Å². The fraction of sp³-hybridized carbons (Fsp3) is 0.438. The van der Waals surface area contributed by atoms with E-state index >= 15 is 0 Å². The average molecular weight is 331 g/mol. The van der Waals surface area contributed by atoms with E-state index in [-0.39, 0.29) is 12.1 Å². The normalized spacial score (nSPS) is 18.5. The van der Waals surface area contributed by atoms with Crippen molar-refractivity contribution in [2.75, 3.05) is 23.4 Å². The van der Waals surface area contributed by atoms with Crippen LogP contribution in [0.5, 0.6) is 0 Å². The third kappa shape index (κ3) is 4.25. The van der Waals surface area contributed by atoms with Gasteiger partial charge in [-0.15, -0.1) is 0 Å². The first-order valence-corrected chi connectivity index (χ1v) is 8.95. The third-order valence-corrected chi connectivity index (χ3v) is 4.88. The molecular formula is C16H21N5OS. The summed E-state index contributed by atoms with van der Waals surface area (Å²) in [4.78, 5) is 18.6. The predicted octanol–water partition coefficient (Wildman–Crippen LogP) is 2.69. The van der Waals surface area contributed by atoms with Crippen molar-refractivity contribution in [1.82, 2.24) is 19.7 Å². The molecule has 0 unspecified atom stereocenters. The van der Waals surface area contributed by atoms with Gasteiger partial charge in [0.25, 0.3) is 0 Å². The van der Waals surface area contributed by atoms with Crippen LogP contribution in [0.25, 0.3) is 0 Å². The summed E-state index contributed by atoms with van der Waals surface area (Å²) >= 11 is 1.91. The fourth-order valence-corrected chi connectivity index (χ4v) is 3.60. The van der Waals surface area contributed by atoms with Gasteiger partial charge < -0.3 is 10.2 Å². The van der Waals surface area contributed by atoms with Crippen LogP contribution in [0.3, 0.4) is 0 Å². The molecule has 1 atom stereocenters. The van der Waals surface area contributed by atoms with Gasteiger partial charge in [-0.25, -0.2) is 4.79 Å². The zero-order valence-corrected chi connectivity index (χ0v) is 14.0. The van der Waals surface area contributed by atoms with E-state index in [1.54, 1.807) is 17.1 Å². The van der Waals surface area contributed by atoms with Crippen LogP contribution < -0.4 is 5.32 Å². The lowest BCUT2D eigenvalue weighted by Crippen LogP contribution is -2.41. The Morgan fingerprint density at radius 1 is 1.43 bits per heavy atom. The molecule has 0 saturated carbocycles. The van der Waals surface area contributed by atoms with Crippen molar-refractivity contribution < 1.29 is 4.79 Å². The number of rotatable bonds is 3. The van der Waals surface area contributed by atoms with Crippen LogP contribution in [0.4, 0.5) is 10.5 Å². The van der Waals surface area contributed by atoms with E-state index in [0.717, 1.165) is 35.9 Å². The van der Waals surface area contributed by atoms with Gasteiger partial charge >= 0.3 is 6.03 Å². The molecule has 0 aromatic carbocycles. The van der Waals surface area contributed by atoms with E-state index < -0.39 is 0 Å². The van der Waals surface area contributed by atoms with Gasteiger partial charge in [0.1, 0.15) is 0 Å². The van der Waals surface area contributed by atoms with E-state index in [1.165, 1.54) is 0 Å². The van der Waals surface area contributed by atoms with Crippen LogP contribution in [0.15, 0.2) is 36.8 Å². The summed E-state index contributed by atoms with van der Waals surface area (Å²) in [6, 6.07) is 6.02. The SMILES string of the molecule is C[C@H]1CCSCCN1C(=O)Nc1cnn(Cc2ccccn2)c1. The maximum atomic E-state index is 12.5. The van der Waals surface area contributed by atoms with E-state index in [4.69, 9.17) is 0 Å². The summed E-state index contributed by atoms with van der Waals surface area (Å²) in [5.74, 6) is 2.11. The highest BCUT2D eigenvalue weighted by Gasteiger charge is 2.22. The molecule has 122 valence electrons. The number of pyridine rings is 1. The van der Waals surface area contributed by atoms with Gasteiger partial charge in [0.15, 0.2) is 0 Å². The number of carbonyl (C=O) groups excluding carboxylic acids is 1. The van der Waals surface area contributed by atoms with Gasteiger partial charge in [-0.2, -0.15) is 16.9 Å². The number of hydrogen-bond acceptors (Lipinski definition) is 4. The molecule has 1 fully saturated rings. The van der Waals surface area contributed by atoms with Crippen LogP contribution in [-0.4, -0.2) is 49.8 Å². The van der Waals surface area contributed by atoms with Crippen LogP contribution >= 0.6 is 11.8 Å². The van der Waals surface area contributed by atoms with Gasteiger partial charge in [-0.3, -0.25) is 9.67 Å². The first-order valence-electron chi connectivity index (χ1n) is 7.80. The smallest absolute Gasteiger partial charge is 0.321 e. The average Bonchev–Trinajstić information content (AvgIpc) is 2.86. The van der Waals surface area contributed by atoms with Crippen molar-refractivity contribution in [3.63, 3.8) is 0 Å². The van der Waals surface area contributed by atoms with Crippen molar-refractivity contribution >= 4 is 23.5 Å². The Morgan fingerprint density at radius 3 is 3.17 bits per heavy atom. The summed E-state index contributed by atoms with van der Waals surface area (Å²) < 4.78 is 1.78. The number of nitrogens with one attached hydrogen (secondary N) is 1. The standard InChI is InChI=1S/C16H21N5OS/c1-13-5-8-23-9-7-21(13)16(22)19-15-10-18-20(12-15)11-14-4-2-3-6-17-14/h2-4,6,10,12-13H,5,7-9,11H2,1H3,(H,19,22)/t13-/m0/s1. The molecule has 3 heterocycles. The Morgan fingerprint density at radius 2 is 2.35 bits per heavy atom. The van der Waals surface area contributed by atoms with Gasteiger partial charge in [0, 0.05) is 30.7 Å². The number of urea groups is 1. The minimum absolute atomic E-state index is 0.0441. The summed E-state index contributed by atoms with van der Waals surface area (Å²) in [6.45, 7) is 3.49. The Balaban J connectivity index is 1.61. The molecule has 2 amide bonds. The van der Waals surface area contributed by atoms with Gasteiger partial charge in [-0.05, 0) is 31.2 Å². The lowest BCUT2D eigenvalue weighted by molar-refractivity contribution is 0.197. The summed E-state index contributed by atoms with van der Waals surface area (Å²) in [5, 5.41) is 7.24. The molecule has 23 heavy (non-hydrogen) atoms. The molecule has 1 saturated heterocycles. The Hall–Kier alpha value is -2.02. The van der Waals surface area contributed by atoms with Crippen LogP contribution in [0, 0.1) is 0 Å². The molecule has 1 N–H and O–H groups in total. The molecule has 2 aromatic rings. The third-order valence-electron chi connectivity index (χ3n) is 3.88. The highest BCUT2D eigenvalue weighted by atomic mass is 32.2. The first kappa shape index (κ1) is 15.9. The number of carbonyl (C=O) groups is 1. The largest absolute Gasteiger partial charge is 0.322 e. The van der Waals surface area contributed by atoms with Gasteiger partial charge in [-0.1, -0.05) is 6.07 Å². The second-order valence-corrected chi connectivity index (χ2v) is 6.85. The minimum Gasteiger partial charge on any atom is -0.321 e. The molecule has 7 heteroatoms. The molecular weight excluding hydrogens is 310 g/mol. The van der Waals surface area contributed by atoms with Crippen molar-refractivity contribution in [2.45, 2.75) is 25.9 Å². The first-order chi connectivity index (χ1) is 11.2. The number of hydrogen-bond donors (Lipinski definition) is 1. The molecule has 6 nitrogen and oxygen atoms in total. The molecule has 0 aliphatic carbocycles. The van der Waals surface area contributed by atoms with Gasteiger partial charge in [0.2, 0.25) is 0 Å². The molecule has 2 aromatic heterocycles. The summed E-state index contributed by atoms with van der Waals surface area (Å²) in [7, 11) is 0. The number of aromatic nitrogens is 3. The Labute approximate surface area is 140 Å². The minimum atomic E-state index is -0.0441. The van der Waals surface area contributed by atoms with E-state index in [2.05, 4.69) is 22.3 Å². The molecule has 0 radical (unpaired) electrons. The molecule has 1 aliphatic heterocycles. The van der Waals surface area contributed by atoms with Crippen LogP contribution in [-0.2, 0) is 6.54 Å². The zero-order chi connectivity index (χ0) is 16.1. The highest BCUT2D eigenvalue weighted by Crippen LogP contribution is 2.17. The van der Waals surface area contributed by atoms with E-state index in [1.807, 2.05) is 41.1 Å². The molecule has 0 bridgehead atoms. The van der Waals surface area contributed by atoms with E-state index in [0.29, 0.717) is 6.54 Å².